The van der Waals surface area contributed by atoms with Gasteiger partial charge in [0.05, 0.1) is 5.56 Å². The summed E-state index contributed by atoms with van der Waals surface area (Å²) in [6, 6.07) is 12.7. The van der Waals surface area contributed by atoms with Crippen molar-refractivity contribution in [3.63, 3.8) is 0 Å². The second-order valence-electron chi connectivity index (χ2n) is 8.44. The first-order valence-electron chi connectivity index (χ1n) is 10.9. The maximum Gasteiger partial charge on any atom is 0.254 e. The average Bonchev–Trinajstić information content (AvgIpc) is 3.59. The van der Waals surface area contributed by atoms with Crippen LogP contribution in [0, 0.1) is 10.6 Å². The van der Waals surface area contributed by atoms with Crippen LogP contribution in [0.5, 0.6) is 0 Å². The Bertz CT molecular complexity index is 1220. The number of aromatic nitrogens is 3. The van der Waals surface area contributed by atoms with Crippen molar-refractivity contribution in [3.05, 3.63) is 81.6 Å². The number of carbonyl (C=O) groups excluding carboxylic acids is 2. The monoisotopic (exact) mass is 450 g/mol. The molecule has 1 saturated carbocycles. The molecule has 1 saturated heterocycles. The van der Waals surface area contributed by atoms with E-state index in [0.29, 0.717) is 40.6 Å². The molecule has 0 atom stereocenters. The van der Waals surface area contributed by atoms with Crippen molar-refractivity contribution in [2.75, 3.05) is 13.1 Å². The van der Waals surface area contributed by atoms with Crippen molar-refractivity contribution in [1.82, 2.24) is 19.7 Å². The molecule has 8 heteroatoms. The van der Waals surface area contributed by atoms with Crippen LogP contribution < -0.4 is 0 Å². The number of hydrogen-bond acceptors (Lipinski definition) is 4. The first-order valence-corrected chi connectivity index (χ1v) is 11.3. The molecule has 164 valence electrons. The van der Waals surface area contributed by atoms with Crippen LogP contribution in [0.2, 0.25) is 0 Å². The molecule has 1 aliphatic heterocycles. The second kappa shape index (κ2) is 8.43. The van der Waals surface area contributed by atoms with Crippen molar-refractivity contribution in [2.45, 2.75) is 37.6 Å². The number of H-pyrrole nitrogens is 1. The molecule has 1 N–H and O–H groups in total. The second-order valence-corrected chi connectivity index (χ2v) is 8.82. The molecule has 0 spiro atoms. The van der Waals surface area contributed by atoms with E-state index in [4.69, 9.17) is 12.2 Å². The summed E-state index contributed by atoms with van der Waals surface area (Å²) >= 11 is 5.40. The number of benzene rings is 2. The van der Waals surface area contributed by atoms with Gasteiger partial charge in [-0.1, -0.05) is 18.2 Å². The zero-order valence-electron chi connectivity index (χ0n) is 17.5. The lowest BCUT2D eigenvalue weighted by Crippen LogP contribution is -2.39. The number of rotatable bonds is 5. The highest BCUT2D eigenvalue weighted by Crippen LogP contribution is 2.39. The quantitative estimate of drug-likeness (QED) is 0.453. The molecule has 2 aromatic carbocycles. The van der Waals surface area contributed by atoms with Gasteiger partial charge in [-0.25, -0.2) is 4.39 Å². The predicted molar refractivity (Wildman–Crippen MR) is 120 cm³/mol. The van der Waals surface area contributed by atoms with E-state index in [2.05, 4.69) is 14.8 Å². The highest BCUT2D eigenvalue weighted by molar-refractivity contribution is 7.71. The number of piperidine rings is 1. The van der Waals surface area contributed by atoms with Gasteiger partial charge in [0.1, 0.15) is 11.6 Å². The van der Waals surface area contributed by atoms with E-state index in [0.717, 1.165) is 31.5 Å². The zero-order valence-corrected chi connectivity index (χ0v) is 18.3. The van der Waals surface area contributed by atoms with Crippen LogP contribution >= 0.6 is 12.2 Å². The fourth-order valence-corrected chi connectivity index (χ4v) is 4.71. The number of nitrogens with zero attached hydrogens (tertiary/aromatic N) is 3. The van der Waals surface area contributed by atoms with Crippen LogP contribution in [0.25, 0.3) is 0 Å². The Balaban J connectivity index is 1.32. The van der Waals surface area contributed by atoms with E-state index < -0.39 is 5.82 Å². The zero-order chi connectivity index (χ0) is 22.2. The maximum atomic E-state index is 13.3. The fraction of sp³-hybridized carbons (Fsp3) is 0.333. The number of ketones is 1. The molecule has 0 bridgehead atoms. The molecule has 1 aliphatic carbocycles. The van der Waals surface area contributed by atoms with Crippen LogP contribution in [-0.4, -0.2) is 44.4 Å². The van der Waals surface area contributed by atoms with Crippen molar-refractivity contribution in [3.8, 4) is 0 Å². The minimum atomic E-state index is -0.406. The number of carbonyl (C=O) groups is 2. The minimum Gasteiger partial charge on any atom is -0.339 e. The molecule has 0 radical (unpaired) electrons. The number of amides is 1. The van der Waals surface area contributed by atoms with Crippen LogP contribution in [0.4, 0.5) is 4.39 Å². The standard InChI is InChI=1S/C24H23FN4O2S/c25-17-7-5-15(6-8-17)21(30)19-3-1-2-4-20(19)23(31)28-13-11-16(12-14-28)22-26-27-24(32)29(22)18-9-10-18/h1-8,16,18H,9-14H2,(H,27,32). The number of aromatic amines is 1. The van der Waals surface area contributed by atoms with Gasteiger partial charge in [-0.15, -0.1) is 0 Å². The van der Waals surface area contributed by atoms with Gasteiger partial charge in [-0.3, -0.25) is 14.7 Å². The molecule has 5 rings (SSSR count). The third-order valence-electron chi connectivity index (χ3n) is 6.30. The van der Waals surface area contributed by atoms with E-state index in [9.17, 15) is 14.0 Å². The molecule has 6 nitrogen and oxygen atoms in total. The van der Waals surface area contributed by atoms with E-state index in [1.54, 1.807) is 29.2 Å². The average molecular weight is 451 g/mol. The molecule has 0 unspecified atom stereocenters. The predicted octanol–water partition coefficient (Wildman–Crippen LogP) is 4.67. The van der Waals surface area contributed by atoms with E-state index in [1.165, 1.54) is 24.3 Å². The van der Waals surface area contributed by atoms with Crippen LogP contribution in [0.3, 0.4) is 0 Å². The summed E-state index contributed by atoms with van der Waals surface area (Å²) in [5.74, 6) is 0.399. The van der Waals surface area contributed by atoms with E-state index >= 15 is 0 Å². The van der Waals surface area contributed by atoms with Gasteiger partial charge in [0.2, 0.25) is 0 Å². The first kappa shape index (κ1) is 20.8. The van der Waals surface area contributed by atoms with Crippen molar-refractivity contribution >= 4 is 23.9 Å². The third-order valence-corrected chi connectivity index (χ3v) is 6.59. The summed E-state index contributed by atoms with van der Waals surface area (Å²) in [5, 5.41) is 7.41. The molecule has 2 aliphatic rings. The molecule has 2 fully saturated rings. The fourth-order valence-electron chi connectivity index (χ4n) is 4.43. The number of halogens is 1. The van der Waals surface area contributed by atoms with Crippen molar-refractivity contribution in [2.24, 2.45) is 0 Å². The van der Waals surface area contributed by atoms with E-state index in [1.807, 2.05) is 0 Å². The maximum absolute atomic E-state index is 13.3. The highest BCUT2D eigenvalue weighted by atomic mass is 32.1. The lowest BCUT2D eigenvalue weighted by Gasteiger charge is -2.32. The molecule has 32 heavy (non-hydrogen) atoms. The molecular weight excluding hydrogens is 427 g/mol. The van der Waals surface area contributed by atoms with Crippen LogP contribution in [-0.2, 0) is 0 Å². The van der Waals surface area contributed by atoms with Gasteiger partial charge in [-0.05, 0) is 68.2 Å². The molecule has 2 heterocycles. The molecule has 1 aromatic heterocycles. The van der Waals surface area contributed by atoms with Gasteiger partial charge in [0.15, 0.2) is 10.6 Å². The van der Waals surface area contributed by atoms with Gasteiger partial charge in [-0.2, -0.15) is 5.10 Å². The van der Waals surface area contributed by atoms with Crippen LogP contribution in [0.1, 0.15) is 69.7 Å². The van der Waals surface area contributed by atoms with Gasteiger partial charge < -0.3 is 9.47 Å². The summed E-state index contributed by atoms with van der Waals surface area (Å²) in [6.07, 6.45) is 3.87. The SMILES string of the molecule is O=C(c1ccc(F)cc1)c1ccccc1C(=O)N1CCC(c2n[nH]c(=S)n2C2CC2)CC1. The first-order chi connectivity index (χ1) is 15.5. The molecule has 1 amide bonds. The Morgan fingerprint density at radius 3 is 2.28 bits per heavy atom. The number of nitrogens with one attached hydrogen (secondary N) is 1. The van der Waals surface area contributed by atoms with Crippen molar-refractivity contribution in [1.29, 1.82) is 0 Å². The summed E-state index contributed by atoms with van der Waals surface area (Å²) in [6.45, 7) is 1.18. The summed E-state index contributed by atoms with van der Waals surface area (Å²) < 4.78 is 16.1. The lowest BCUT2D eigenvalue weighted by molar-refractivity contribution is 0.0706. The Hall–Kier alpha value is -3.13. The normalized spacial score (nSPS) is 16.8. The van der Waals surface area contributed by atoms with Gasteiger partial charge >= 0.3 is 0 Å². The topological polar surface area (TPSA) is 71.0 Å². The minimum absolute atomic E-state index is 0.157. The van der Waals surface area contributed by atoms with Crippen LogP contribution in [0.15, 0.2) is 48.5 Å². The summed E-state index contributed by atoms with van der Waals surface area (Å²) in [7, 11) is 0. The Morgan fingerprint density at radius 2 is 1.62 bits per heavy atom. The highest BCUT2D eigenvalue weighted by Gasteiger charge is 2.33. The van der Waals surface area contributed by atoms with Gasteiger partial charge in [0, 0.05) is 36.2 Å². The van der Waals surface area contributed by atoms with E-state index in [-0.39, 0.29) is 17.6 Å². The number of likely N-dealkylation sites (tertiary alicyclic amines) is 1. The summed E-state index contributed by atoms with van der Waals surface area (Å²) in [5.41, 5.74) is 1.06. The molecular formula is C24H23FN4O2S. The lowest BCUT2D eigenvalue weighted by atomic mass is 9.93. The van der Waals surface area contributed by atoms with Gasteiger partial charge in [0.25, 0.3) is 5.91 Å². The Kier molecular flexibility index (Phi) is 5.46. The van der Waals surface area contributed by atoms with Crippen molar-refractivity contribution < 1.29 is 14.0 Å². The third kappa shape index (κ3) is 3.90. The smallest absolute Gasteiger partial charge is 0.254 e. The largest absolute Gasteiger partial charge is 0.339 e. The Morgan fingerprint density at radius 1 is 0.969 bits per heavy atom. The molecule has 3 aromatic rings. The Labute approximate surface area is 190 Å². The number of hydrogen-bond donors (Lipinski definition) is 1. The summed E-state index contributed by atoms with van der Waals surface area (Å²) in [4.78, 5) is 28.1.